The Balaban J connectivity index is 1.34. The number of aromatic nitrogens is 2. The maximum atomic E-state index is 14.0. The first-order valence-corrected chi connectivity index (χ1v) is 12.3. The van der Waals surface area contributed by atoms with Crippen LogP contribution in [-0.2, 0) is 12.6 Å². The van der Waals surface area contributed by atoms with E-state index in [4.69, 9.17) is 16.3 Å². The van der Waals surface area contributed by atoms with Crippen LogP contribution in [0.3, 0.4) is 0 Å². The van der Waals surface area contributed by atoms with E-state index < -0.39 is 29.9 Å². The number of nitrogens with one attached hydrogen (secondary N) is 2. The molecule has 1 saturated heterocycles. The van der Waals surface area contributed by atoms with Gasteiger partial charge in [0.05, 0.1) is 11.6 Å². The van der Waals surface area contributed by atoms with Gasteiger partial charge in [0.25, 0.3) is 0 Å². The molecule has 3 heterocycles. The van der Waals surface area contributed by atoms with Crippen molar-refractivity contribution >= 4 is 35.1 Å². The number of hydrogen-bond donors (Lipinski definition) is 3. The van der Waals surface area contributed by atoms with Gasteiger partial charge in [0.1, 0.15) is 17.2 Å². The zero-order chi connectivity index (χ0) is 27.7. The molecular weight excluding hydrogens is 541 g/mol. The number of ether oxygens (including phenoxy) is 1. The minimum Gasteiger partial charge on any atom is -0.465 e. The van der Waals surface area contributed by atoms with Crippen LogP contribution in [0.2, 0.25) is 5.15 Å². The summed E-state index contributed by atoms with van der Waals surface area (Å²) in [7, 11) is 0. The molecule has 3 aromatic rings. The predicted molar refractivity (Wildman–Crippen MR) is 135 cm³/mol. The molecule has 2 aromatic carbocycles. The molecule has 14 heteroatoms. The molecule has 204 valence electrons. The number of halogens is 4. The summed E-state index contributed by atoms with van der Waals surface area (Å²) in [5.74, 6) is 0.728. The lowest BCUT2D eigenvalue weighted by molar-refractivity contribution is -0.138. The molecule has 3 amide bonds. The van der Waals surface area contributed by atoms with E-state index in [1.807, 2.05) is 0 Å². The van der Waals surface area contributed by atoms with Crippen molar-refractivity contribution in [1.29, 1.82) is 0 Å². The number of rotatable bonds is 4. The van der Waals surface area contributed by atoms with Crippen molar-refractivity contribution in [2.24, 2.45) is 0 Å². The van der Waals surface area contributed by atoms with Crippen LogP contribution in [0.4, 0.5) is 34.1 Å². The molecule has 2 aliphatic rings. The Morgan fingerprint density at radius 3 is 2.69 bits per heavy atom. The lowest BCUT2D eigenvalue weighted by atomic mass is 9.96. The third kappa shape index (κ3) is 5.68. The fraction of sp³-hybridized carbons (Fsp3) is 0.280. The lowest BCUT2D eigenvalue weighted by Gasteiger charge is -2.35. The smallest absolute Gasteiger partial charge is 0.416 e. The summed E-state index contributed by atoms with van der Waals surface area (Å²) < 4.78 is 47.8. The summed E-state index contributed by atoms with van der Waals surface area (Å²) in [5, 5.41) is 15.2. The normalized spacial score (nSPS) is 17.1. The summed E-state index contributed by atoms with van der Waals surface area (Å²) in [4.78, 5) is 34.9. The minimum absolute atomic E-state index is 0.0433. The highest BCUT2D eigenvalue weighted by Gasteiger charge is 2.39. The quantitative estimate of drug-likeness (QED) is 0.376. The SMILES string of the molecule is O=C(Nc1ccc(C2CNCCN2C(=O)O)c(C(F)(F)F)c1)N1CCc2cc(Oc3cc(Cl)ncn3)ccc21. The van der Waals surface area contributed by atoms with Crippen molar-refractivity contribution in [1.82, 2.24) is 20.2 Å². The summed E-state index contributed by atoms with van der Waals surface area (Å²) >= 11 is 5.85. The monoisotopic (exact) mass is 562 g/mol. The Labute approximate surface area is 225 Å². The molecule has 0 radical (unpaired) electrons. The number of piperazine rings is 1. The first kappa shape index (κ1) is 26.5. The van der Waals surface area contributed by atoms with Crippen molar-refractivity contribution in [3.05, 3.63) is 70.6 Å². The van der Waals surface area contributed by atoms with Crippen LogP contribution in [0.5, 0.6) is 11.6 Å². The number of carbonyl (C=O) groups excluding carboxylic acids is 1. The maximum Gasteiger partial charge on any atom is 0.416 e. The van der Waals surface area contributed by atoms with Crippen molar-refractivity contribution < 1.29 is 32.6 Å². The number of hydrogen-bond acceptors (Lipinski definition) is 6. The van der Waals surface area contributed by atoms with Gasteiger partial charge < -0.3 is 20.5 Å². The lowest BCUT2D eigenvalue weighted by Crippen LogP contribution is -2.48. The third-order valence-electron chi connectivity index (χ3n) is 6.48. The van der Waals surface area contributed by atoms with Gasteiger partial charge in [-0.1, -0.05) is 17.7 Å². The molecule has 0 aliphatic carbocycles. The zero-order valence-electron chi connectivity index (χ0n) is 20.2. The summed E-state index contributed by atoms with van der Waals surface area (Å²) in [6, 6.07) is 8.31. The van der Waals surface area contributed by atoms with Crippen molar-refractivity contribution in [3.8, 4) is 11.6 Å². The molecule has 1 atom stereocenters. The van der Waals surface area contributed by atoms with Crippen LogP contribution < -0.4 is 20.3 Å². The summed E-state index contributed by atoms with van der Waals surface area (Å²) in [5.41, 5.74) is 0.162. The van der Waals surface area contributed by atoms with Crippen LogP contribution in [0, 0.1) is 0 Å². The van der Waals surface area contributed by atoms with Gasteiger partial charge in [-0.3, -0.25) is 9.80 Å². The number of anilines is 2. The fourth-order valence-electron chi connectivity index (χ4n) is 4.72. The molecule has 2 aliphatic heterocycles. The average molecular weight is 563 g/mol. The zero-order valence-corrected chi connectivity index (χ0v) is 21.0. The second kappa shape index (κ2) is 10.6. The third-order valence-corrected chi connectivity index (χ3v) is 6.69. The Kier molecular flexibility index (Phi) is 7.19. The number of amides is 3. The number of nitrogens with zero attached hydrogens (tertiary/aromatic N) is 4. The Hall–Kier alpha value is -4.10. The van der Waals surface area contributed by atoms with Crippen molar-refractivity contribution in [2.75, 3.05) is 36.4 Å². The van der Waals surface area contributed by atoms with Gasteiger partial charge in [-0.25, -0.2) is 19.6 Å². The molecule has 1 fully saturated rings. The number of fused-ring (bicyclic) bond motifs is 1. The number of alkyl halides is 3. The van der Waals surface area contributed by atoms with E-state index in [-0.39, 0.29) is 35.4 Å². The van der Waals surface area contributed by atoms with Gasteiger partial charge in [0, 0.05) is 43.6 Å². The molecular formula is C25H22ClF3N6O4. The van der Waals surface area contributed by atoms with Gasteiger partial charge in [-0.15, -0.1) is 0 Å². The number of urea groups is 1. The number of benzene rings is 2. The first-order valence-electron chi connectivity index (χ1n) is 11.9. The minimum atomic E-state index is -4.76. The maximum absolute atomic E-state index is 14.0. The second-order valence-corrected chi connectivity index (χ2v) is 9.29. The van der Waals surface area contributed by atoms with E-state index in [9.17, 15) is 27.9 Å². The van der Waals surface area contributed by atoms with Gasteiger partial charge in [-0.05, 0) is 47.9 Å². The molecule has 5 rings (SSSR count). The Bertz CT molecular complexity index is 1420. The van der Waals surface area contributed by atoms with Gasteiger partial charge >= 0.3 is 18.3 Å². The molecule has 39 heavy (non-hydrogen) atoms. The second-order valence-electron chi connectivity index (χ2n) is 8.90. The average Bonchev–Trinajstić information content (AvgIpc) is 3.32. The molecule has 3 N–H and O–H groups in total. The van der Waals surface area contributed by atoms with E-state index in [0.717, 1.165) is 16.5 Å². The number of carboxylic acid groups (broad SMARTS) is 1. The largest absolute Gasteiger partial charge is 0.465 e. The van der Waals surface area contributed by atoms with E-state index in [2.05, 4.69) is 20.6 Å². The fourth-order valence-corrected chi connectivity index (χ4v) is 4.86. The first-order chi connectivity index (χ1) is 18.6. The van der Waals surface area contributed by atoms with Crippen molar-refractivity contribution in [3.63, 3.8) is 0 Å². The van der Waals surface area contributed by atoms with Crippen LogP contribution >= 0.6 is 11.6 Å². The van der Waals surface area contributed by atoms with Crippen LogP contribution in [0.25, 0.3) is 0 Å². The highest BCUT2D eigenvalue weighted by atomic mass is 35.5. The van der Waals surface area contributed by atoms with Gasteiger partial charge in [0.15, 0.2) is 0 Å². The molecule has 1 aromatic heterocycles. The molecule has 0 saturated carbocycles. The summed E-state index contributed by atoms with van der Waals surface area (Å²) in [6.45, 7) is 0.763. The van der Waals surface area contributed by atoms with E-state index in [1.165, 1.54) is 29.4 Å². The van der Waals surface area contributed by atoms with Crippen LogP contribution in [0.15, 0.2) is 48.8 Å². The van der Waals surface area contributed by atoms with Crippen LogP contribution in [-0.4, -0.2) is 58.3 Å². The van der Waals surface area contributed by atoms with Crippen molar-refractivity contribution in [2.45, 2.75) is 18.6 Å². The Morgan fingerprint density at radius 2 is 1.95 bits per heavy atom. The summed E-state index contributed by atoms with van der Waals surface area (Å²) in [6.07, 6.45) is -4.28. The highest BCUT2D eigenvalue weighted by molar-refractivity contribution is 6.29. The van der Waals surface area contributed by atoms with Gasteiger partial charge in [0.2, 0.25) is 5.88 Å². The Morgan fingerprint density at radius 1 is 1.13 bits per heavy atom. The standard InChI is InChI=1S/C25H22ClF3N6O4/c26-21-11-22(32-13-31-21)39-16-2-4-19-14(9-16)5-7-34(19)23(36)33-15-1-3-17(18(10-15)25(27,28)29)20-12-30-6-8-35(20)24(37)38/h1-4,9-11,13,20,30H,5-8,12H2,(H,33,36)(H,37,38). The van der Waals surface area contributed by atoms with E-state index >= 15 is 0 Å². The topological polar surface area (TPSA) is 120 Å². The number of carbonyl (C=O) groups is 2. The van der Waals surface area contributed by atoms with E-state index in [1.54, 1.807) is 18.2 Å². The molecule has 1 unspecified atom stereocenters. The van der Waals surface area contributed by atoms with E-state index in [0.29, 0.717) is 30.9 Å². The molecule has 10 nitrogen and oxygen atoms in total. The predicted octanol–water partition coefficient (Wildman–Crippen LogP) is 5.16. The molecule has 0 bridgehead atoms. The molecule has 0 spiro atoms. The van der Waals surface area contributed by atoms with Crippen LogP contribution in [0.1, 0.15) is 22.7 Å². The highest BCUT2D eigenvalue weighted by Crippen LogP contribution is 2.39. The van der Waals surface area contributed by atoms with Gasteiger partial charge in [-0.2, -0.15) is 13.2 Å².